The smallest absolute Gasteiger partial charge is 0.143 e. The predicted octanol–water partition coefficient (Wildman–Crippen LogP) is 17.5. The fourth-order valence-electron chi connectivity index (χ4n) is 10.7. The Labute approximate surface area is 384 Å². The molecule has 0 unspecified atom stereocenters. The van der Waals surface area contributed by atoms with Gasteiger partial charge in [-0.3, -0.25) is 0 Å². The molecular formula is C63H44N2O. The maximum absolute atomic E-state index is 6.75. The van der Waals surface area contributed by atoms with Gasteiger partial charge in [0.05, 0.1) is 11.0 Å². The van der Waals surface area contributed by atoms with Gasteiger partial charge in [0.25, 0.3) is 0 Å². The first kappa shape index (κ1) is 38.1. The average molecular weight is 845 g/mol. The number of hydrogen-bond donors (Lipinski definition) is 0. The van der Waals surface area contributed by atoms with Crippen molar-refractivity contribution < 1.29 is 4.42 Å². The number of anilines is 3. The second-order valence-corrected chi connectivity index (χ2v) is 18.1. The number of fused-ring (bicyclic) bond motifs is 9. The molecule has 0 bridgehead atoms. The van der Waals surface area contributed by atoms with Crippen LogP contribution in [0.2, 0.25) is 0 Å². The van der Waals surface area contributed by atoms with Gasteiger partial charge in [-0.05, 0) is 135 Å². The standard InChI is InChI=1S/C63H44N2O/c1-63(2)57-22-12-9-19-50(57)51-35-34-49(40-58(51)63)64(47-30-25-42(26-31-47)41-15-5-3-6-16-41)48-32-27-43(28-33-48)54-38-45(39-56-53-21-11-14-24-61(53)66-62(54)56)44-29-36-60-55(37-44)52-20-10-13-23-59(52)65(60)46-17-7-4-8-18-46/h3-40H,1-2H3. The summed E-state index contributed by atoms with van der Waals surface area (Å²) in [4.78, 5) is 2.40. The van der Waals surface area contributed by atoms with Gasteiger partial charge >= 0.3 is 0 Å². The van der Waals surface area contributed by atoms with Gasteiger partial charge in [0.15, 0.2) is 0 Å². The Hall–Kier alpha value is -8.40. The van der Waals surface area contributed by atoms with E-state index in [2.05, 4.69) is 254 Å². The van der Waals surface area contributed by atoms with Crippen LogP contribution in [0.25, 0.3) is 93.9 Å². The maximum atomic E-state index is 6.75. The SMILES string of the molecule is CC1(C)c2ccccc2-c2ccc(N(c3ccc(-c4ccccc4)cc3)c3ccc(-c4cc(-c5ccc6c(c5)c5ccccc5n6-c5ccccc5)cc5c4oc4ccccc45)cc3)cc21. The highest BCUT2D eigenvalue weighted by molar-refractivity contribution is 6.13. The Balaban J connectivity index is 0.951. The van der Waals surface area contributed by atoms with Crippen LogP contribution in [-0.2, 0) is 5.41 Å². The van der Waals surface area contributed by atoms with Crippen LogP contribution in [0.1, 0.15) is 25.0 Å². The zero-order valence-electron chi connectivity index (χ0n) is 36.7. The lowest BCUT2D eigenvalue weighted by Crippen LogP contribution is -2.16. The molecule has 3 heteroatoms. The lowest BCUT2D eigenvalue weighted by molar-refractivity contribution is 0.660. The molecule has 1 aliphatic carbocycles. The number of aromatic nitrogens is 1. The number of rotatable bonds is 7. The fourth-order valence-corrected chi connectivity index (χ4v) is 10.7. The van der Waals surface area contributed by atoms with Crippen LogP contribution in [-0.4, -0.2) is 4.57 Å². The van der Waals surface area contributed by atoms with Crippen molar-refractivity contribution in [2.24, 2.45) is 0 Å². The summed E-state index contributed by atoms with van der Waals surface area (Å²) >= 11 is 0. The molecule has 66 heavy (non-hydrogen) atoms. The summed E-state index contributed by atoms with van der Waals surface area (Å²) in [6.07, 6.45) is 0. The number of para-hydroxylation sites is 3. The topological polar surface area (TPSA) is 21.3 Å². The van der Waals surface area contributed by atoms with Crippen LogP contribution in [0.4, 0.5) is 17.1 Å². The minimum absolute atomic E-state index is 0.124. The van der Waals surface area contributed by atoms with Gasteiger partial charge in [-0.2, -0.15) is 0 Å². The first-order valence-electron chi connectivity index (χ1n) is 22.8. The maximum Gasteiger partial charge on any atom is 0.143 e. The van der Waals surface area contributed by atoms with E-state index in [1.165, 1.54) is 55.2 Å². The van der Waals surface area contributed by atoms with E-state index in [4.69, 9.17) is 4.42 Å². The van der Waals surface area contributed by atoms with Crippen molar-refractivity contribution in [1.82, 2.24) is 4.57 Å². The molecule has 2 heterocycles. The third-order valence-electron chi connectivity index (χ3n) is 14.0. The lowest BCUT2D eigenvalue weighted by atomic mass is 9.82. The van der Waals surface area contributed by atoms with Crippen LogP contribution in [0.3, 0.4) is 0 Å². The monoisotopic (exact) mass is 844 g/mol. The molecule has 0 N–H and O–H groups in total. The normalized spacial score (nSPS) is 12.8. The molecule has 1 aliphatic rings. The van der Waals surface area contributed by atoms with Gasteiger partial charge < -0.3 is 13.9 Å². The van der Waals surface area contributed by atoms with E-state index in [0.717, 1.165) is 66.9 Å². The Morgan fingerprint density at radius 3 is 1.73 bits per heavy atom. The number of hydrogen-bond acceptors (Lipinski definition) is 2. The van der Waals surface area contributed by atoms with Crippen LogP contribution in [0.5, 0.6) is 0 Å². The van der Waals surface area contributed by atoms with Crippen molar-refractivity contribution in [2.75, 3.05) is 4.90 Å². The van der Waals surface area contributed by atoms with E-state index < -0.39 is 0 Å². The third-order valence-corrected chi connectivity index (χ3v) is 14.0. The quantitative estimate of drug-likeness (QED) is 0.159. The third kappa shape index (κ3) is 5.97. The Kier molecular flexibility index (Phi) is 8.56. The molecule has 0 saturated carbocycles. The Morgan fingerprint density at radius 1 is 0.364 bits per heavy atom. The van der Waals surface area contributed by atoms with E-state index in [0.29, 0.717) is 0 Å². The highest BCUT2D eigenvalue weighted by Crippen LogP contribution is 2.51. The van der Waals surface area contributed by atoms with Gasteiger partial charge in [-0.25, -0.2) is 0 Å². The van der Waals surface area contributed by atoms with Crippen molar-refractivity contribution in [3.63, 3.8) is 0 Å². The first-order chi connectivity index (χ1) is 32.5. The van der Waals surface area contributed by atoms with Crippen molar-refractivity contribution >= 4 is 60.8 Å². The average Bonchev–Trinajstić information content (AvgIpc) is 4.00. The largest absolute Gasteiger partial charge is 0.455 e. The summed E-state index contributed by atoms with van der Waals surface area (Å²) in [7, 11) is 0. The second kappa shape index (κ2) is 14.8. The molecule has 0 atom stereocenters. The van der Waals surface area contributed by atoms with Crippen LogP contribution < -0.4 is 4.90 Å². The minimum atomic E-state index is -0.124. The van der Waals surface area contributed by atoms with Crippen molar-refractivity contribution in [3.05, 3.63) is 242 Å². The fraction of sp³-hybridized carbons (Fsp3) is 0.0476. The molecule has 0 saturated heterocycles. The summed E-state index contributed by atoms with van der Waals surface area (Å²) in [5.41, 5.74) is 20.7. The lowest BCUT2D eigenvalue weighted by Gasteiger charge is -2.28. The van der Waals surface area contributed by atoms with Gasteiger partial charge in [0.2, 0.25) is 0 Å². The molecule has 312 valence electrons. The summed E-state index contributed by atoms with van der Waals surface area (Å²) in [5, 5.41) is 4.68. The van der Waals surface area contributed by atoms with Crippen LogP contribution >= 0.6 is 0 Å². The Bertz CT molecular complexity index is 3820. The molecule has 0 radical (unpaired) electrons. The zero-order valence-corrected chi connectivity index (χ0v) is 36.7. The van der Waals surface area contributed by atoms with Crippen LogP contribution in [0.15, 0.2) is 235 Å². The van der Waals surface area contributed by atoms with E-state index in [1.807, 2.05) is 0 Å². The Morgan fingerprint density at radius 2 is 0.939 bits per heavy atom. The van der Waals surface area contributed by atoms with E-state index >= 15 is 0 Å². The number of furan rings is 1. The summed E-state index contributed by atoms with van der Waals surface area (Å²) < 4.78 is 9.12. The number of nitrogens with zero attached hydrogens (tertiary/aromatic N) is 2. The zero-order chi connectivity index (χ0) is 43.9. The molecule has 13 rings (SSSR count). The molecule has 10 aromatic carbocycles. The summed E-state index contributed by atoms with van der Waals surface area (Å²) in [5.74, 6) is 0. The van der Waals surface area contributed by atoms with Crippen molar-refractivity contribution in [2.45, 2.75) is 19.3 Å². The first-order valence-corrected chi connectivity index (χ1v) is 22.8. The second-order valence-electron chi connectivity index (χ2n) is 18.1. The van der Waals surface area contributed by atoms with Gasteiger partial charge in [0, 0.05) is 55.3 Å². The minimum Gasteiger partial charge on any atom is -0.455 e. The van der Waals surface area contributed by atoms with Crippen molar-refractivity contribution in [1.29, 1.82) is 0 Å². The van der Waals surface area contributed by atoms with E-state index in [-0.39, 0.29) is 5.41 Å². The van der Waals surface area contributed by atoms with Crippen molar-refractivity contribution in [3.8, 4) is 50.2 Å². The number of benzene rings is 10. The molecular weight excluding hydrogens is 801 g/mol. The summed E-state index contributed by atoms with van der Waals surface area (Å²) in [6, 6.07) is 83.8. The predicted molar refractivity (Wildman–Crippen MR) is 277 cm³/mol. The highest BCUT2D eigenvalue weighted by Gasteiger charge is 2.35. The summed E-state index contributed by atoms with van der Waals surface area (Å²) in [6.45, 7) is 4.70. The molecule has 0 spiro atoms. The molecule has 0 aliphatic heterocycles. The van der Waals surface area contributed by atoms with E-state index in [1.54, 1.807) is 0 Å². The molecule has 0 fully saturated rings. The van der Waals surface area contributed by atoms with Gasteiger partial charge in [-0.1, -0.05) is 159 Å². The molecule has 2 aromatic heterocycles. The molecule has 12 aromatic rings. The molecule has 0 amide bonds. The van der Waals surface area contributed by atoms with Gasteiger partial charge in [0.1, 0.15) is 11.2 Å². The highest BCUT2D eigenvalue weighted by atomic mass is 16.3. The molecule has 3 nitrogen and oxygen atoms in total. The van der Waals surface area contributed by atoms with Gasteiger partial charge in [-0.15, -0.1) is 0 Å². The van der Waals surface area contributed by atoms with Crippen LogP contribution in [0, 0.1) is 0 Å². The van der Waals surface area contributed by atoms with E-state index in [9.17, 15) is 0 Å².